The number of aromatic nitrogens is 4. The summed E-state index contributed by atoms with van der Waals surface area (Å²) in [6.45, 7) is 8.73. The Hall–Kier alpha value is -2.45. The van der Waals surface area contributed by atoms with Crippen LogP contribution >= 0.6 is 11.8 Å². The Morgan fingerprint density at radius 3 is 2.83 bits per heavy atom. The second-order valence-electron chi connectivity index (χ2n) is 7.71. The third-order valence-electron chi connectivity index (χ3n) is 5.37. The smallest absolute Gasteiger partial charge is 0.253 e. The van der Waals surface area contributed by atoms with E-state index in [1.807, 2.05) is 44.2 Å². The van der Waals surface area contributed by atoms with Crippen molar-refractivity contribution < 1.29 is 4.79 Å². The van der Waals surface area contributed by atoms with Crippen LogP contribution in [-0.4, -0.2) is 56.1 Å². The van der Waals surface area contributed by atoms with Gasteiger partial charge in [0.15, 0.2) is 0 Å². The van der Waals surface area contributed by atoms with Gasteiger partial charge in [-0.25, -0.2) is 9.50 Å². The predicted molar refractivity (Wildman–Crippen MR) is 119 cm³/mol. The Bertz CT molecular complexity index is 1050. The lowest BCUT2D eigenvalue weighted by Gasteiger charge is -2.20. The summed E-state index contributed by atoms with van der Waals surface area (Å²) >= 11 is 1.52. The number of rotatable bonds is 9. The van der Waals surface area contributed by atoms with Gasteiger partial charge in [-0.2, -0.15) is 4.98 Å². The minimum Gasteiger partial charge on any atom is -0.351 e. The van der Waals surface area contributed by atoms with E-state index in [2.05, 4.69) is 32.2 Å². The molecule has 4 rings (SSSR count). The molecule has 1 aliphatic rings. The maximum Gasteiger partial charge on any atom is 0.253 e. The van der Waals surface area contributed by atoms with Gasteiger partial charge in [-0.1, -0.05) is 36.9 Å². The molecule has 2 aromatic heterocycles. The maximum atomic E-state index is 12.8. The highest BCUT2D eigenvalue weighted by atomic mass is 32.2. The molecule has 0 unspecified atom stereocenters. The topological polar surface area (TPSA) is 75.4 Å². The lowest BCUT2D eigenvalue weighted by Crippen LogP contribution is -2.36. The van der Waals surface area contributed by atoms with Crippen LogP contribution in [0.5, 0.6) is 0 Å². The molecule has 8 heteroatoms. The standard InChI is InChI=1S/C22H28N6OS/c1-4-27(18-9-10-18)12-11-23-20(29)19-8-6-5-7-17(19)14-30-22-25-21-24-15(2)13-16(3)28(21)26-22/h5-8,13,18H,4,9-12,14H2,1-3H3,(H,23,29). The highest BCUT2D eigenvalue weighted by molar-refractivity contribution is 7.98. The second kappa shape index (κ2) is 9.14. The molecule has 1 fully saturated rings. The molecule has 1 amide bonds. The number of nitrogens with one attached hydrogen (secondary N) is 1. The molecule has 1 N–H and O–H groups in total. The van der Waals surface area contributed by atoms with E-state index in [0.717, 1.165) is 36.1 Å². The number of hydrogen-bond donors (Lipinski definition) is 1. The summed E-state index contributed by atoms with van der Waals surface area (Å²) in [5, 5.41) is 8.29. The Kier molecular flexibility index (Phi) is 6.34. The number of fused-ring (bicyclic) bond motifs is 1. The van der Waals surface area contributed by atoms with Crippen LogP contribution in [0.25, 0.3) is 5.78 Å². The lowest BCUT2D eigenvalue weighted by molar-refractivity contribution is 0.0947. The molecular weight excluding hydrogens is 396 g/mol. The summed E-state index contributed by atoms with van der Waals surface area (Å²) in [5.74, 6) is 1.22. The van der Waals surface area contributed by atoms with Crippen molar-refractivity contribution in [2.24, 2.45) is 0 Å². The number of carbonyl (C=O) groups excluding carboxylic acids is 1. The summed E-state index contributed by atoms with van der Waals surface area (Å²) in [6.07, 6.45) is 2.57. The van der Waals surface area contributed by atoms with Crippen molar-refractivity contribution >= 4 is 23.4 Å². The maximum absolute atomic E-state index is 12.8. The molecule has 30 heavy (non-hydrogen) atoms. The highest BCUT2D eigenvalue weighted by Gasteiger charge is 2.27. The fourth-order valence-corrected chi connectivity index (χ4v) is 4.49. The highest BCUT2D eigenvalue weighted by Crippen LogP contribution is 2.26. The number of aryl methyl sites for hydroxylation is 2. The Morgan fingerprint density at radius 2 is 2.07 bits per heavy atom. The zero-order chi connectivity index (χ0) is 21.1. The molecule has 158 valence electrons. The Labute approximate surface area is 181 Å². The first kappa shape index (κ1) is 20.8. The van der Waals surface area contributed by atoms with Crippen LogP contribution in [0.15, 0.2) is 35.5 Å². The number of amides is 1. The van der Waals surface area contributed by atoms with Gasteiger partial charge >= 0.3 is 0 Å². The molecule has 7 nitrogen and oxygen atoms in total. The summed E-state index contributed by atoms with van der Waals surface area (Å²) in [6, 6.07) is 10.5. The van der Waals surface area contributed by atoms with Gasteiger partial charge in [0.05, 0.1) is 0 Å². The van der Waals surface area contributed by atoms with E-state index in [1.165, 1.54) is 24.6 Å². The van der Waals surface area contributed by atoms with Gasteiger partial charge < -0.3 is 5.32 Å². The molecule has 0 saturated heterocycles. The normalized spacial score (nSPS) is 13.9. The zero-order valence-corrected chi connectivity index (χ0v) is 18.6. The quantitative estimate of drug-likeness (QED) is 0.532. The van der Waals surface area contributed by atoms with E-state index in [0.29, 0.717) is 28.8 Å². The predicted octanol–water partition coefficient (Wildman–Crippen LogP) is 3.25. The van der Waals surface area contributed by atoms with Gasteiger partial charge in [0.1, 0.15) is 0 Å². The van der Waals surface area contributed by atoms with Crippen molar-refractivity contribution in [3.63, 3.8) is 0 Å². The van der Waals surface area contributed by atoms with Gasteiger partial charge in [-0.05, 0) is 50.9 Å². The SMILES string of the molecule is CCN(CCNC(=O)c1ccccc1CSc1nc2nc(C)cc(C)n2n1)C1CC1. The number of benzene rings is 1. The van der Waals surface area contributed by atoms with Crippen molar-refractivity contribution in [2.45, 2.75) is 50.6 Å². The van der Waals surface area contributed by atoms with Gasteiger partial charge in [-0.3, -0.25) is 9.69 Å². The molecule has 2 heterocycles. The van der Waals surface area contributed by atoms with E-state index in [-0.39, 0.29) is 5.91 Å². The first-order chi connectivity index (χ1) is 14.5. The molecule has 3 aromatic rings. The first-order valence-electron chi connectivity index (χ1n) is 10.5. The molecular formula is C22H28N6OS. The van der Waals surface area contributed by atoms with Crippen LogP contribution in [0.2, 0.25) is 0 Å². The number of thioether (sulfide) groups is 1. The molecule has 0 aliphatic heterocycles. The van der Waals surface area contributed by atoms with Crippen molar-refractivity contribution in [3.8, 4) is 0 Å². The van der Waals surface area contributed by atoms with Gasteiger partial charge in [0.25, 0.3) is 11.7 Å². The van der Waals surface area contributed by atoms with Crippen LogP contribution in [0, 0.1) is 13.8 Å². The Balaban J connectivity index is 1.39. The largest absolute Gasteiger partial charge is 0.351 e. The van der Waals surface area contributed by atoms with Gasteiger partial charge in [-0.15, -0.1) is 5.10 Å². The molecule has 0 bridgehead atoms. The number of carbonyl (C=O) groups is 1. The van der Waals surface area contributed by atoms with Gasteiger partial charge in [0, 0.05) is 41.8 Å². The van der Waals surface area contributed by atoms with E-state index < -0.39 is 0 Å². The van der Waals surface area contributed by atoms with Crippen LogP contribution < -0.4 is 5.32 Å². The average molecular weight is 425 g/mol. The number of nitrogens with zero attached hydrogens (tertiary/aromatic N) is 5. The zero-order valence-electron chi connectivity index (χ0n) is 17.8. The summed E-state index contributed by atoms with van der Waals surface area (Å²) in [5.41, 5.74) is 3.63. The molecule has 1 aromatic carbocycles. The number of hydrogen-bond acceptors (Lipinski definition) is 6. The lowest BCUT2D eigenvalue weighted by atomic mass is 10.1. The van der Waals surface area contributed by atoms with Crippen LogP contribution in [-0.2, 0) is 5.75 Å². The van der Waals surface area contributed by atoms with Crippen molar-refractivity contribution in [1.82, 2.24) is 29.8 Å². The molecule has 0 atom stereocenters. The third kappa shape index (κ3) is 4.82. The molecule has 0 radical (unpaired) electrons. The van der Waals surface area contributed by atoms with E-state index in [4.69, 9.17) is 0 Å². The fraction of sp³-hybridized carbons (Fsp3) is 0.455. The van der Waals surface area contributed by atoms with Crippen LogP contribution in [0.4, 0.5) is 0 Å². The molecule has 1 saturated carbocycles. The van der Waals surface area contributed by atoms with Gasteiger partial charge in [0.2, 0.25) is 5.16 Å². The average Bonchev–Trinajstić information content (AvgIpc) is 3.49. The monoisotopic (exact) mass is 424 g/mol. The van der Waals surface area contributed by atoms with Crippen LogP contribution in [0.3, 0.4) is 0 Å². The van der Waals surface area contributed by atoms with Crippen LogP contribution in [0.1, 0.15) is 47.1 Å². The summed E-state index contributed by atoms with van der Waals surface area (Å²) < 4.78 is 1.76. The minimum atomic E-state index is -0.0193. The number of likely N-dealkylation sites (N-methyl/N-ethyl adjacent to an activating group) is 1. The fourth-order valence-electron chi connectivity index (χ4n) is 3.67. The second-order valence-corrected chi connectivity index (χ2v) is 8.65. The van der Waals surface area contributed by atoms with E-state index in [9.17, 15) is 4.79 Å². The van der Waals surface area contributed by atoms with E-state index >= 15 is 0 Å². The molecule has 1 aliphatic carbocycles. The van der Waals surface area contributed by atoms with Crippen molar-refractivity contribution in [3.05, 3.63) is 52.8 Å². The third-order valence-corrected chi connectivity index (χ3v) is 6.26. The van der Waals surface area contributed by atoms with Crippen molar-refractivity contribution in [2.75, 3.05) is 19.6 Å². The summed E-state index contributed by atoms with van der Waals surface area (Å²) in [4.78, 5) is 24.2. The minimum absolute atomic E-state index is 0.0193. The molecule has 0 spiro atoms. The van der Waals surface area contributed by atoms with E-state index in [1.54, 1.807) is 4.52 Å². The Morgan fingerprint density at radius 1 is 1.27 bits per heavy atom. The first-order valence-corrected chi connectivity index (χ1v) is 11.5. The summed E-state index contributed by atoms with van der Waals surface area (Å²) in [7, 11) is 0. The van der Waals surface area contributed by atoms with Crippen molar-refractivity contribution in [1.29, 1.82) is 0 Å².